The smallest absolute Gasteiger partial charge is 0.271 e. The molecule has 0 aliphatic carbocycles. The number of benzene rings is 4. The number of carbonyl (C=O) groups excluding carboxylic acids is 2. The third-order valence-corrected chi connectivity index (χ3v) is 6.20. The van der Waals surface area contributed by atoms with Crippen molar-refractivity contribution >= 4 is 46.1 Å². The summed E-state index contributed by atoms with van der Waals surface area (Å²) in [6, 6.07) is 23.0. The average molecular weight is 530 g/mol. The Labute approximate surface area is 226 Å². The van der Waals surface area contributed by atoms with E-state index in [2.05, 4.69) is 36.6 Å². The number of nitrogens with one attached hydrogen (secondary N) is 2. The summed E-state index contributed by atoms with van der Waals surface area (Å²) in [5.41, 5.74) is 5.33. The topological polar surface area (TPSA) is 100 Å². The van der Waals surface area contributed by atoms with Gasteiger partial charge in [0.2, 0.25) is 0 Å². The molecule has 0 aromatic heterocycles. The van der Waals surface area contributed by atoms with Crippen LogP contribution in [0.15, 0.2) is 84.0 Å². The fraction of sp³-hybridized carbons (Fsp3) is 0.167. The highest BCUT2D eigenvalue weighted by Gasteiger charge is 2.14. The maximum absolute atomic E-state index is 12.6. The third-order valence-electron chi connectivity index (χ3n) is 5.90. The van der Waals surface area contributed by atoms with E-state index in [1.54, 1.807) is 12.1 Å². The number of halogens is 1. The first-order chi connectivity index (χ1) is 18.1. The monoisotopic (exact) mass is 529 g/mol. The molecule has 8 heteroatoms. The van der Waals surface area contributed by atoms with Crippen molar-refractivity contribution in [2.24, 2.45) is 5.10 Å². The molecule has 0 aliphatic heterocycles. The summed E-state index contributed by atoms with van der Waals surface area (Å²) in [4.78, 5) is 25.0. The zero-order valence-corrected chi connectivity index (χ0v) is 22.0. The van der Waals surface area contributed by atoms with E-state index in [0.717, 1.165) is 16.3 Å². The Morgan fingerprint density at radius 1 is 0.974 bits per heavy atom. The van der Waals surface area contributed by atoms with Crippen molar-refractivity contribution in [3.8, 4) is 11.5 Å². The van der Waals surface area contributed by atoms with Crippen molar-refractivity contribution in [2.75, 3.05) is 11.9 Å². The van der Waals surface area contributed by atoms with E-state index >= 15 is 0 Å². The summed E-state index contributed by atoms with van der Waals surface area (Å²) in [5, 5.41) is 18.2. The molecule has 4 rings (SSSR count). The van der Waals surface area contributed by atoms with Gasteiger partial charge in [-0.15, -0.1) is 0 Å². The second-order valence-corrected chi connectivity index (χ2v) is 10.1. The van der Waals surface area contributed by atoms with Crippen molar-refractivity contribution < 1.29 is 19.4 Å². The molecule has 2 amide bonds. The summed E-state index contributed by atoms with van der Waals surface area (Å²) in [7, 11) is 0. The number of rotatable bonds is 7. The number of phenols is 1. The summed E-state index contributed by atoms with van der Waals surface area (Å²) in [5.74, 6) is -0.228. The van der Waals surface area contributed by atoms with Crippen LogP contribution in [0.4, 0.5) is 5.69 Å². The summed E-state index contributed by atoms with van der Waals surface area (Å²) >= 11 is 5.87. The lowest BCUT2D eigenvalue weighted by Crippen LogP contribution is -2.20. The van der Waals surface area contributed by atoms with Crippen LogP contribution in [0.2, 0.25) is 5.02 Å². The second-order valence-electron chi connectivity index (χ2n) is 9.72. The minimum Gasteiger partial charge on any atom is -0.506 e. The van der Waals surface area contributed by atoms with Gasteiger partial charge in [0.05, 0.1) is 11.2 Å². The van der Waals surface area contributed by atoms with Gasteiger partial charge in [0.25, 0.3) is 11.8 Å². The Bertz CT molecular complexity index is 1510. The van der Waals surface area contributed by atoms with E-state index in [4.69, 9.17) is 16.3 Å². The third kappa shape index (κ3) is 6.49. The van der Waals surface area contributed by atoms with Gasteiger partial charge in [0, 0.05) is 22.2 Å². The van der Waals surface area contributed by atoms with Crippen molar-refractivity contribution in [3.63, 3.8) is 0 Å². The molecular formula is C30H28ClN3O4. The Balaban J connectivity index is 1.42. The normalized spacial score (nSPS) is 11.5. The number of phenolic OH excluding ortho intramolecular Hbond substituents is 1. The molecular weight excluding hydrogens is 502 g/mol. The zero-order chi connectivity index (χ0) is 27.3. The number of fused-ring (bicyclic) bond motifs is 1. The van der Waals surface area contributed by atoms with E-state index in [1.807, 2.05) is 48.5 Å². The number of nitrogens with zero attached hydrogens (tertiary/aromatic N) is 1. The zero-order valence-electron chi connectivity index (χ0n) is 21.3. The minimum absolute atomic E-state index is 0.0422. The van der Waals surface area contributed by atoms with E-state index < -0.39 is 5.91 Å². The van der Waals surface area contributed by atoms with Crippen LogP contribution in [0.5, 0.6) is 11.5 Å². The predicted octanol–water partition coefficient (Wildman–Crippen LogP) is 6.28. The highest BCUT2D eigenvalue weighted by atomic mass is 35.5. The number of ether oxygens (including phenoxy) is 1. The van der Waals surface area contributed by atoms with Crippen LogP contribution in [-0.2, 0) is 10.2 Å². The van der Waals surface area contributed by atoms with Crippen LogP contribution in [0, 0.1) is 0 Å². The van der Waals surface area contributed by atoms with Crippen molar-refractivity contribution in [1.82, 2.24) is 5.43 Å². The molecule has 0 radical (unpaired) electrons. The van der Waals surface area contributed by atoms with Crippen LogP contribution in [0.25, 0.3) is 10.8 Å². The number of anilines is 1. The number of amides is 2. The van der Waals surface area contributed by atoms with Crippen LogP contribution >= 0.6 is 11.6 Å². The fourth-order valence-electron chi connectivity index (χ4n) is 3.80. The number of carbonyl (C=O) groups is 2. The van der Waals surface area contributed by atoms with Gasteiger partial charge >= 0.3 is 0 Å². The molecule has 0 fully saturated rings. The number of hydrogen-bond donors (Lipinski definition) is 3. The Hall–Kier alpha value is -4.36. The number of hydrogen-bond acceptors (Lipinski definition) is 5. The molecule has 0 unspecified atom stereocenters. The van der Waals surface area contributed by atoms with Crippen LogP contribution < -0.4 is 15.5 Å². The number of aromatic hydroxyl groups is 1. The lowest BCUT2D eigenvalue weighted by atomic mass is 9.87. The summed E-state index contributed by atoms with van der Waals surface area (Å²) in [6.45, 7) is 6.30. The SMILES string of the molecule is CC(C)(C)c1ccc(OCC(=O)Nc2ccc(C=NNC(=O)c3ccc(O)c(Cl)c3)c3ccccc23)cc1. The molecule has 0 atom stereocenters. The van der Waals surface area contributed by atoms with Gasteiger partial charge < -0.3 is 15.2 Å². The minimum atomic E-state index is -0.468. The quantitative estimate of drug-likeness (QED) is 0.194. The molecule has 0 aliphatic rings. The van der Waals surface area contributed by atoms with E-state index in [1.165, 1.54) is 30.0 Å². The summed E-state index contributed by atoms with van der Waals surface area (Å²) in [6.07, 6.45) is 1.53. The van der Waals surface area contributed by atoms with E-state index in [9.17, 15) is 14.7 Å². The molecule has 0 bridgehead atoms. The predicted molar refractivity (Wildman–Crippen MR) is 151 cm³/mol. The van der Waals surface area contributed by atoms with Gasteiger partial charge in [-0.3, -0.25) is 9.59 Å². The van der Waals surface area contributed by atoms with E-state index in [-0.39, 0.29) is 34.3 Å². The van der Waals surface area contributed by atoms with Gasteiger partial charge in [-0.05, 0) is 52.8 Å². The number of hydrazone groups is 1. The highest BCUT2D eigenvalue weighted by Crippen LogP contribution is 2.27. The first kappa shape index (κ1) is 26.7. The molecule has 0 saturated carbocycles. The van der Waals surface area contributed by atoms with Gasteiger partial charge in [0.1, 0.15) is 11.5 Å². The lowest BCUT2D eigenvalue weighted by molar-refractivity contribution is -0.118. The fourth-order valence-corrected chi connectivity index (χ4v) is 3.98. The van der Waals surface area contributed by atoms with Gasteiger partial charge in [0.15, 0.2) is 6.61 Å². The molecule has 0 saturated heterocycles. The van der Waals surface area contributed by atoms with Crippen LogP contribution in [0.3, 0.4) is 0 Å². The van der Waals surface area contributed by atoms with Gasteiger partial charge in [-0.1, -0.05) is 74.8 Å². The average Bonchev–Trinajstić information content (AvgIpc) is 2.90. The molecule has 4 aromatic rings. The molecule has 0 spiro atoms. The largest absolute Gasteiger partial charge is 0.506 e. The molecule has 7 nitrogen and oxygen atoms in total. The molecule has 3 N–H and O–H groups in total. The first-order valence-corrected chi connectivity index (χ1v) is 12.4. The van der Waals surface area contributed by atoms with Crippen molar-refractivity contribution in [2.45, 2.75) is 26.2 Å². The van der Waals surface area contributed by atoms with Crippen molar-refractivity contribution in [3.05, 3.63) is 101 Å². The maximum Gasteiger partial charge on any atom is 0.271 e. The lowest BCUT2D eigenvalue weighted by Gasteiger charge is -2.19. The summed E-state index contributed by atoms with van der Waals surface area (Å²) < 4.78 is 5.67. The molecule has 38 heavy (non-hydrogen) atoms. The molecule has 0 heterocycles. The molecule has 194 valence electrons. The Morgan fingerprint density at radius 2 is 1.68 bits per heavy atom. The Kier molecular flexibility index (Phi) is 7.98. The van der Waals surface area contributed by atoms with Crippen molar-refractivity contribution in [1.29, 1.82) is 0 Å². The van der Waals surface area contributed by atoms with Gasteiger partial charge in [-0.2, -0.15) is 5.10 Å². The second kappa shape index (κ2) is 11.4. The van der Waals surface area contributed by atoms with Crippen LogP contribution in [0.1, 0.15) is 42.3 Å². The standard InChI is InChI=1S/C30H28ClN3O4/c1-30(2,3)21-10-12-22(13-11-21)38-18-28(36)33-26-14-8-20(23-6-4-5-7-24(23)26)17-32-34-29(37)19-9-15-27(35)25(31)16-19/h4-17,35H,18H2,1-3H3,(H,33,36)(H,34,37). The van der Waals surface area contributed by atoms with Crippen LogP contribution in [-0.4, -0.2) is 29.7 Å². The van der Waals surface area contributed by atoms with E-state index in [0.29, 0.717) is 11.4 Å². The maximum atomic E-state index is 12.6. The molecule has 4 aromatic carbocycles. The first-order valence-electron chi connectivity index (χ1n) is 12.0. The highest BCUT2D eigenvalue weighted by molar-refractivity contribution is 6.32. The van der Waals surface area contributed by atoms with Gasteiger partial charge in [-0.25, -0.2) is 5.43 Å². The Morgan fingerprint density at radius 3 is 2.37 bits per heavy atom.